The maximum Gasteiger partial charge on any atom is 0.130 e. The van der Waals surface area contributed by atoms with Gasteiger partial charge in [0.2, 0.25) is 0 Å². The summed E-state index contributed by atoms with van der Waals surface area (Å²) in [6.45, 7) is 4.19. The van der Waals surface area contributed by atoms with Gasteiger partial charge < -0.3 is 10.3 Å². The van der Waals surface area contributed by atoms with Crippen LogP contribution >= 0.6 is 0 Å². The lowest BCUT2D eigenvalue weighted by Gasteiger charge is -2.13. The molecule has 90 valence electrons. The molecule has 2 aromatic heterocycles. The number of aromatic nitrogens is 4. The van der Waals surface area contributed by atoms with E-state index in [1.54, 1.807) is 6.20 Å². The van der Waals surface area contributed by atoms with Crippen LogP contribution in [-0.4, -0.2) is 19.5 Å². The summed E-state index contributed by atoms with van der Waals surface area (Å²) in [4.78, 5) is 12.7. The summed E-state index contributed by atoms with van der Waals surface area (Å²) in [6, 6.07) is 0. The molecular formula is C12H17N5. The van der Waals surface area contributed by atoms with Crippen LogP contribution in [0.2, 0.25) is 0 Å². The smallest absolute Gasteiger partial charge is 0.130 e. The van der Waals surface area contributed by atoms with Crippen LogP contribution in [0.5, 0.6) is 0 Å². The quantitative estimate of drug-likeness (QED) is 0.869. The molecule has 2 rings (SSSR count). The topological polar surface area (TPSA) is 69.6 Å². The third kappa shape index (κ3) is 2.27. The molecule has 5 heteroatoms. The van der Waals surface area contributed by atoms with Gasteiger partial charge in [0.1, 0.15) is 18.0 Å². The highest BCUT2D eigenvalue weighted by molar-refractivity contribution is 5.44. The first kappa shape index (κ1) is 11.6. The van der Waals surface area contributed by atoms with Crippen LogP contribution in [0, 0.1) is 0 Å². The molecule has 0 aliphatic carbocycles. The van der Waals surface area contributed by atoms with Crippen LogP contribution in [-0.2, 0) is 13.5 Å². The minimum absolute atomic E-state index is 0.312. The molecule has 0 atom stereocenters. The molecule has 5 nitrogen and oxygen atoms in total. The van der Waals surface area contributed by atoms with Gasteiger partial charge in [-0.2, -0.15) is 0 Å². The predicted molar refractivity (Wildman–Crippen MR) is 66.5 cm³/mol. The molecule has 0 aliphatic heterocycles. The predicted octanol–water partition coefficient (Wildman–Crippen LogP) is 1.51. The fourth-order valence-corrected chi connectivity index (χ4v) is 1.93. The fourth-order valence-electron chi connectivity index (χ4n) is 1.93. The first-order chi connectivity index (χ1) is 8.09. The lowest BCUT2D eigenvalue weighted by molar-refractivity contribution is 0.776. The molecule has 0 saturated carbocycles. The number of nitrogen functional groups attached to an aromatic ring is 1. The van der Waals surface area contributed by atoms with Crippen LogP contribution in [0.15, 0.2) is 18.7 Å². The second kappa shape index (κ2) is 4.53. The van der Waals surface area contributed by atoms with Crippen molar-refractivity contribution >= 4 is 5.82 Å². The molecule has 0 radical (unpaired) electrons. The van der Waals surface area contributed by atoms with Crippen LogP contribution in [0.3, 0.4) is 0 Å². The van der Waals surface area contributed by atoms with E-state index in [1.807, 2.05) is 17.8 Å². The number of aryl methyl sites for hydroxylation is 1. The van der Waals surface area contributed by atoms with Gasteiger partial charge >= 0.3 is 0 Å². The third-order valence-corrected chi connectivity index (χ3v) is 2.82. The Morgan fingerprint density at radius 3 is 2.65 bits per heavy atom. The number of nitrogens with zero attached hydrogens (tertiary/aromatic N) is 4. The van der Waals surface area contributed by atoms with E-state index in [4.69, 9.17) is 5.73 Å². The number of nitrogens with two attached hydrogens (primary N) is 1. The molecule has 0 spiro atoms. The van der Waals surface area contributed by atoms with Gasteiger partial charge in [-0.3, -0.25) is 0 Å². The van der Waals surface area contributed by atoms with Crippen LogP contribution in [0.4, 0.5) is 5.82 Å². The first-order valence-electron chi connectivity index (χ1n) is 5.65. The van der Waals surface area contributed by atoms with E-state index in [0.717, 1.165) is 17.1 Å². The molecule has 2 aromatic rings. The Bertz CT molecular complexity index is 515. The number of anilines is 1. The Hall–Kier alpha value is -1.91. The molecule has 0 unspecified atom stereocenters. The van der Waals surface area contributed by atoms with Crippen LogP contribution in [0.1, 0.15) is 36.8 Å². The van der Waals surface area contributed by atoms with E-state index in [1.165, 1.54) is 6.33 Å². The molecule has 0 amide bonds. The minimum Gasteiger partial charge on any atom is -0.383 e. The summed E-state index contributed by atoms with van der Waals surface area (Å²) < 4.78 is 1.99. The standard InChI is InChI=1S/C12H17N5/c1-8(2)11-9(15-7-16-12(11)13)6-10-14-4-5-17(10)3/h4-5,7-8H,6H2,1-3H3,(H2,13,15,16). The van der Waals surface area contributed by atoms with E-state index >= 15 is 0 Å². The van der Waals surface area contributed by atoms with Gasteiger partial charge in [0.05, 0.1) is 5.69 Å². The lowest BCUT2D eigenvalue weighted by Crippen LogP contribution is -2.09. The maximum atomic E-state index is 5.91. The van der Waals surface area contributed by atoms with Gasteiger partial charge in [-0.15, -0.1) is 0 Å². The summed E-state index contributed by atoms with van der Waals surface area (Å²) >= 11 is 0. The van der Waals surface area contributed by atoms with Crippen molar-refractivity contribution < 1.29 is 0 Å². The molecule has 2 N–H and O–H groups in total. The summed E-state index contributed by atoms with van der Waals surface area (Å²) in [5.41, 5.74) is 7.89. The second-order valence-corrected chi connectivity index (χ2v) is 4.41. The maximum absolute atomic E-state index is 5.91. The summed E-state index contributed by atoms with van der Waals surface area (Å²) in [5, 5.41) is 0. The van der Waals surface area contributed by atoms with Gasteiger partial charge in [0.25, 0.3) is 0 Å². The number of rotatable bonds is 3. The highest BCUT2D eigenvalue weighted by Gasteiger charge is 2.14. The highest BCUT2D eigenvalue weighted by Crippen LogP contribution is 2.23. The number of imidazole rings is 1. The SMILES string of the molecule is CC(C)c1c(N)ncnc1Cc1nccn1C. The van der Waals surface area contributed by atoms with Crippen molar-refractivity contribution in [3.63, 3.8) is 0 Å². The van der Waals surface area contributed by atoms with Gasteiger partial charge in [-0.25, -0.2) is 15.0 Å². The van der Waals surface area contributed by atoms with Crippen molar-refractivity contribution in [1.29, 1.82) is 0 Å². The third-order valence-electron chi connectivity index (χ3n) is 2.82. The van der Waals surface area contributed by atoms with Crippen LogP contribution in [0.25, 0.3) is 0 Å². The fraction of sp³-hybridized carbons (Fsp3) is 0.417. The highest BCUT2D eigenvalue weighted by atomic mass is 15.0. The van der Waals surface area contributed by atoms with Gasteiger partial charge in [-0.1, -0.05) is 13.8 Å². The summed E-state index contributed by atoms with van der Waals surface area (Å²) in [7, 11) is 1.97. The van der Waals surface area contributed by atoms with Crippen molar-refractivity contribution in [2.75, 3.05) is 5.73 Å². The van der Waals surface area contributed by atoms with Crippen molar-refractivity contribution in [1.82, 2.24) is 19.5 Å². The lowest BCUT2D eigenvalue weighted by atomic mass is 10.00. The molecule has 17 heavy (non-hydrogen) atoms. The molecule has 0 bridgehead atoms. The van der Waals surface area contributed by atoms with Crippen LogP contribution < -0.4 is 5.73 Å². The van der Waals surface area contributed by atoms with Crippen molar-refractivity contribution in [3.05, 3.63) is 35.8 Å². The van der Waals surface area contributed by atoms with E-state index in [9.17, 15) is 0 Å². The van der Waals surface area contributed by atoms with E-state index in [0.29, 0.717) is 18.2 Å². The Morgan fingerprint density at radius 1 is 1.29 bits per heavy atom. The zero-order valence-electron chi connectivity index (χ0n) is 10.4. The Balaban J connectivity index is 2.39. The molecule has 0 fully saturated rings. The zero-order valence-corrected chi connectivity index (χ0v) is 10.4. The molecule has 2 heterocycles. The number of hydrogen-bond acceptors (Lipinski definition) is 4. The summed E-state index contributed by atoms with van der Waals surface area (Å²) in [6.07, 6.45) is 5.91. The molecule has 0 aromatic carbocycles. The first-order valence-corrected chi connectivity index (χ1v) is 5.65. The van der Waals surface area contributed by atoms with Gasteiger partial charge in [0, 0.05) is 31.4 Å². The second-order valence-electron chi connectivity index (χ2n) is 4.41. The normalized spacial score (nSPS) is 11.1. The zero-order chi connectivity index (χ0) is 12.4. The Labute approximate surface area is 101 Å². The van der Waals surface area contributed by atoms with Gasteiger partial charge in [0.15, 0.2) is 0 Å². The van der Waals surface area contributed by atoms with E-state index in [-0.39, 0.29) is 0 Å². The molecule has 0 aliphatic rings. The van der Waals surface area contributed by atoms with E-state index in [2.05, 4.69) is 28.8 Å². The van der Waals surface area contributed by atoms with Crippen molar-refractivity contribution in [3.8, 4) is 0 Å². The average molecular weight is 231 g/mol. The molecular weight excluding hydrogens is 214 g/mol. The van der Waals surface area contributed by atoms with Crippen molar-refractivity contribution in [2.45, 2.75) is 26.2 Å². The van der Waals surface area contributed by atoms with Gasteiger partial charge in [-0.05, 0) is 5.92 Å². The number of hydrogen-bond donors (Lipinski definition) is 1. The summed E-state index contributed by atoms with van der Waals surface area (Å²) in [5.74, 6) is 1.86. The molecule has 0 saturated heterocycles. The monoisotopic (exact) mass is 231 g/mol. The Morgan fingerprint density at radius 2 is 2.06 bits per heavy atom. The average Bonchev–Trinajstić information content (AvgIpc) is 2.64. The van der Waals surface area contributed by atoms with Crippen molar-refractivity contribution in [2.24, 2.45) is 7.05 Å². The minimum atomic E-state index is 0.312. The largest absolute Gasteiger partial charge is 0.383 e. The van der Waals surface area contributed by atoms with E-state index < -0.39 is 0 Å². The Kier molecular flexibility index (Phi) is 3.08.